The van der Waals surface area contributed by atoms with Gasteiger partial charge in [0.15, 0.2) is 5.75 Å². The number of benzene rings is 3. The Morgan fingerprint density at radius 2 is 1.03 bits per heavy atom. The summed E-state index contributed by atoms with van der Waals surface area (Å²) in [4.78, 5) is 45.2. The van der Waals surface area contributed by atoms with Gasteiger partial charge in [-0.05, 0) is 72.8 Å². The maximum Gasteiger partial charge on any atom is 0.337 e. The van der Waals surface area contributed by atoms with Crippen LogP contribution in [0.3, 0.4) is 0 Å². The van der Waals surface area contributed by atoms with Crippen molar-refractivity contribution >= 4 is 23.9 Å². The number of amidine groups is 1. The molecule has 0 unspecified atom stereocenters. The fourth-order valence-corrected chi connectivity index (χ4v) is 3.19. The van der Waals surface area contributed by atoms with Crippen molar-refractivity contribution in [3.05, 3.63) is 102 Å². The quantitative estimate of drug-likeness (QED) is 0.337. The Labute approximate surface area is 222 Å². The maximum absolute atomic E-state index is 11.7. The largest absolute Gasteiger partial charge is 0.465 e. The average molecular weight is 533 g/mol. The lowest BCUT2D eigenvalue weighted by Crippen LogP contribution is -2.46. The van der Waals surface area contributed by atoms with E-state index < -0.39 is 17.9 Å². The van der Waals surface area contributed by atoms with Crippen LogP contribution in [0.5, 0.6) is 17.2 Å². The molecule has 0 aromatic heterocycles. The molecule has 3 aromatic carbocycles. The van der Waals surface area contributed by atoms with E-state index in [1.807, 2.05) is 0 Å². The predicted molar refractivity (Wildman–Crippen MR) is 136 cm³/mol. The first kappa shape index (κ1) is 26.5. The number of hydrogen-bond donors (Lipinski definition) is 1. The molecule has 1 aliphatic rings. The molecule has 1 N–H and O–H groups in total. The van der Waals surface area contributed by atoms with Crippen LogP contribution in [0.2, 0.25) is 0 Å². The molecule has 3 aromatic rings. The number of aliphatic imine (C=N–C) groups is 1. The number of hydroxylamine groups is 1. The SMILES string of the molecule is COC(=O)c1ccc(OC2=CN(Oc3ccc(C(=O)OC)cc3)NC(Oc3ccc(C(=O)OC)cc3)=N2)cc1. The predicted octanol–water partition coefficient (Wildman–Crippen LogP) is 3.47. The molecule has 1 heterocycles. The molecule has 12 nitrogen and oxygen atoms in total. The van der Waals surface area contributed by atoms with Gasteiger partial charge >= 0.3 is 23.9 Å². The van der Waals surface area contributed by atoms with E-state index in [-0.39, 0.29) is 11.9 Å². The number of nitrogens with zero attached hydrogens (tertiary/aromatic N) is 2. The molecule has 12 heteroatoms. The first-order valence-corrected chi connectivity index (χ1v) is 11.3. The molecule has 0 aliphatic carbocycles. The molecule has 200 valence electrons. The highest BCUT2D eigenvalue weighted by Gasteiger charge is 2.19. The van der Waals surface area contributed by atoms with E-state index in [1.165, 1.54) is 44.8 Å². The zero-order valence-corrected chi connectivity index (χ0v) is 21.1. The third kappa shape index (κ3) is 6.83. The van der Waals surface area contributed by atoms with Gasteiger partial charge in [0.25, 0.3) is 0 Å². The van der Waals surface area contributed by atoms with Crippen molar-refractivity contribution in [2.45, 2.75) is 0 Å². The Bertz CT molecular complexity index is 1400. The summed E-state index contributed by atoms with van der Waals surface area (Å²) in [5, 5.41) is 1.19. The highest BCUT2D eigenvalue weighted by molar-refractivity contribution is 5.90. The van der Waals surface area contributed by atoms with Crippen molar-refractivity contribution in [2.24, 2.45) is 4.99 Å². The van der Waals surface area contributed by atoms with Gasteiger partial charge in [0.2, 0.25) is 5.88 Å². The van der Waals surface area contributed by atoms with Crippen LogP contribution in [-0.4, -0.2) is 50.4 Å². The number of hydrazine groups is 1. The first-order valence-electron chi connectivity index (χ1n) is 11.3. The van der Waals surface area contributed by atoms with E-state index in [2.05, 4.69) is 10.4 Å². The van der Waals surface area contributed by atoms with Gasteiger partial charge < -0.3 is 28.5 Å². The Morgan fingerprint density at radius 3 is 1.46 bits per heavy atom. The molecule has 0 saturated carbocycles. The normalized spacial score (nSPS) is 12.2. The Morgan fingerprint density at radius 1 is 0.615 bits per heavy atom. The number of esters is 3. The molecule has 39 heavy (non-hydrogen) atoms. The zero-order valence-electron chi connectivity index (χ0n) is 21.1. The molecule has 0 amide bonds. The van der Waals surface area contributed by atoms with Crippen molar-refractivity contribution < 1.29 is 42.9 Å². The average Bonchev–Trinajstić information content (AvgIpc) is 2.97. The minimum atomic E-state index is -0.482. The summed E-state index contributed by atoms with van der Waals surface area (Å²) in [6.07, 6.45) is 1.41. The number of rotatable bonds is 8. The van der Waals surface area contributed by atoms with Gasteiger partial charge in [-0.25, -0.2) is 19.8 Å². The van der Waals surface area contributed by atoms with Crippen molar-refractivity contribution in [2.75, 3.05) is 21.3 Å². The monoisotopic (exact) mass is 533 g/mol. The summed E-state index contributed by atoms with van der Waals surface area (Å²) < 4.78 is 25.8. The van der Waals surface area contributed by atoms with Gasteiger partial charge in [0.05, 0.1) is 38.0 Å². The number of carbonyl (C=O) groups excluding carboxylic acids is 3. The van der Waals surface area contributed by atoms with Gasteiger partial charge in [-0.3, -0.25) is 0 Å². The summed E-state index contributed by atoms with van der Waals surface area (Å²) >= 11 is 0. The van der Waals surface area contributed by atoms with Crippen molar-refractivity contribution in [1.82, 2.24) is 10.6 Å². The van der Waals surface area contributed by atoms with Crippen LogP contribution < -0.4 is 19.7 Å². The Balaban J connectivity index is 1.54. The summed E-state index contributed by atoms with van der Waals surface area (Å²) in [5.74, 6) is -0.253. The highest BCUT2D eigenvalue weighted by atomic mass is 16.7. The molecule has 0 saturated heterocycles. The minimum Gasteiger partial charge on any atom is -0.465 e. The van der Waals surface area contributed by atoms with Crippen molar-refractivity contribution in [3.8, 4) is 17.2 Å². The number of carbonyl (C=O) groups is 3. The lowest BCUT2D eigenvalue weighted by Gasteiger charge is -2.26. The standard InChI is InChI=1S/C27H23N3O9/c1-34-24(31)17-4-10-20(11-5-17)37-23-16-30(39-22-14-8-19(9-15-22)26(33)36-3)29-27(28-23)38-21-12-6-18(7-13-21)25(32)35-2/h4-16H,1-3H3,(H,28,29). The number of hydrogen-bond acceptors (Lipinski definition) is 12. The minimum absolute atomic E-state index is 0.0179. The van der Waals surface area contributed by atoms with Gasteiger partial charge in [0.1, 0.15) is 17.7 Å². The zero-order chi connectivity index (χ0) is 27.8. The second-order valence-corrected chi connectivity index (χ2v) is 7.67. The summed E-state index contributed by atoms with van der Waals surface area (Å²) in [5.41, 5.74) is 3.89. The van der Waals surface area contributed by atoms with E-state index in [0.717, 1.165) is 0 Å². The van der Waals surface area contributed by atoms with Gasteiger partial charge in [-0.15, -0.1) is 5.17 Å². The summed E-state index contributed by atoms with van der Waals surface area (Å²) in [6.45, 7) is 0. The third-order valence-electron chi connectivity index (χ3n) is 5.11. The van der Waals surface area contributed by atoms with Gasteiger partial charge in [-0.1, -0.05) is 0 Å². The van der Waals surface area contributed by atoms with Crippen LogP contribution >= 0.6 is 0 Å². The molecule has 0 fully saturated rings. The molecule has 4 rings (SSSR count). The Kier molecular flexibility index (Phi) is 8.27. The van der Waals surface area contributed by atoms with Crippen LogP contribution in [0.25, 0.3) is 0 Å². The fourth-order valence-electron chi connectivity index (χ4n) is 3.19. The second-order valence-electron chi connectivity index (χ2n) is 7.67. The first-order chi connectivity index (χ1) is 18.9. The molecule has 1 aliphatic heterocycles. The smallest absolute Gasteiger partial charge is 0.337 e. The molecule has 0 radical (unpaired) electrons. The topological polar surface area (TPSA) is 134 Å². The molecule has 0 atom stereocenters. The Hall–Kier alpha value is -5.52. The van der Waals surface area contributed by atoms with Crippen LogP contribution in [0.4, 0.5) is 0 Å². The van der Waals surface area contributed by atoms with Crippen LogP contribution in [-0.2, 0) is 14.2 Å². The van der Waals surface area contributed by atoms with E-state index in [0.29, 0.717) is 33.9 Å². The lowest BCUT2D eigenvalue weighted by atomic mass is 10.2. The van der Waals surface area contributed by atoms with E-state index in [1.54, 1.807) is 60.7 Å². The second kappa shape index (κ2) is 12.1. The summed E-state index contributed by atoms with van der Waals surface area (Å²) in [7, 11) is 3.88. The van der Waals surface area contributed by atoms with E-state index in [9.17, 15) is 14.4 Å². The van der Waals surface area contributed by atoms with Crippen LogP contribution in [0, 0.1) is 0 Å². The fraction of sp³-hybridized carbons (Fsp3) is 0.111. The number of ether oxygens (including phenoxy) is 5. The molecular formula is C27H23N3O9. The third-order valence-corrected chi connectivity index (χ3v) is 5.11. The van der Waals surface area contributed by atoms with Crippen LogP contribution in [0.1, 0.15) is 31.1 Å². The number of nitrogens with one attached hydrogen (secondary N) is 1. The highest BCUT2D eigenvalue weighted by Crippen LogP contribution is 2.21. The van der Waals surface area contributed by atoms with Crippen molar-refractivity contribution in [1.29, 1.82) is 0 Å². The van der Waals surface area contributed by atoms with E-state index in [4.69, 9.17) is 28.5 Å². The number of methoxy groups -OCH3 is 3. The summed E-state index contributed by atoms with van der Waals surface area (Å²) in [6, 6.07) is 18.7. The lowest BCUT2D eigenvalue weighted by molar-refractivity contribution is -0.0449. The van der Waals surface area contributed by atoms with Gasteiger partial charge in [-0.2, -0.15) is 4.99 Å². The molecule has 0 bridgehead atoms. The van der Waals surface area contributed by atoms with E-state index >= 15 is 0 Å². The van der Waals surface area contributed by atoms with Crippen LogP contribution in [0.15, 0.2) is 89.9 Å². The maximum atomic E-state index is 11.7. The van der Waals surface area contributed by atoms with Crippen molar-refractivity contribution in [3.63, 3.8) is 0 Å². The molecular weight excluding hydrogens is 510 g/mol. The molecule has 0 spiro atoms. The van der Waals surface area contributed by atoms with Gasteiger partial charge in [0, 0.05) is 0 Å².